The van der Waals surface area contributed by atoms with Gasteiger partial charge in [-0.2, -0.15) is 0 Å². The predicted molar refractivity (Wildman–Crippen MR) is 125 cm³/mol. The molecule has 0 radical (unpaired) electrons. The van der Waals surface area contributed by atoms with Crippen LogP contribution in [0.3, 0.4) is 0 Å². The molecule has 4 heterocycles. The zero-order chi connectivity index (χ0) is 22.0. The number of aryl methyl sites for hydroxylation is 2. The summed E-state index contributed by atoms with van der Waals surface area (Å²) in [5.74, 6) is 1.92. The van der Waals surface area contributed by atoms with Gasteiger partial charge in [-0.3, -0.25) is 0 Å². The van der Waals surface area contributed by atoms with Crippen molar-refractivity contribution in [1.82, 2.24) is 9.13 Å². The smallest absolute Gasteiger partial charge is 0.245 e. The van der Waals surface area contributed by atoms with E-state index in [1.165, 1.54) is 22.1 Å². The van der Waals surface area contributed by atoms with Crippen LogP contribution in [0, 0.1) is 0 Å². The van der Waals surface area contributed by atoms with Gasteiger partial charge < -0.3 is 8.83 Å². The van der Waals surface area contributed by atoms with Crippen molar-refractivity contribution < 1.29 is 18.0 Å². The second-order valence-electron chi connectivity index (χ2n) is 8.36. The van der Waals surface area contributed by atoms with E-state index in [9.17, 15) is 0 Å². The number of fused-ring (bicyclic) bond motifs is 2. The molecule has 2 aromatic carbocycles. The Morgan fingerprint density at radius 1 is 0.576 bits per heavy atom. The third kappa shape index (κ3) is 3.84. The first-order valence-electron chi connectivity index (χ1n) is 11.3. The molecule has 0 saturated carbocycles. The fourth-order valence-electron chi connectivity index (χ4n) is 4.65. The summed E-state index contributed by atoms with van der Waals surface area (Å²) in [6.07, 6.45) is 8.90. The molecule has 6 rings (SSSR count). The summed E-state index contributed by atoms with van der Waals surface area (Å²) in [4.78, 5) is 0. The number of nitrogens with zero attached hydrogens (tertiary/aromatic N) is 4. The normalized spacial score (nSPS) is 11.6. The maximum atomic E-state index is 5.57. The van der Waals surface area contributed by atoms with E-state index < -0.39 is 0 Å². The molecule has 0 aliphatic rings. The van der Waals surface area contributed by atoms with Crippen molar-refractivity contribution in [2.45, 2.75) is 32.6 Å². The Morgan fingerprint density at radius 2 is 1.06 bits per heavy atom. The molecule has 0 unspecified atom stereocenters. The molecule has 0 spiro atoms. The monoisotopic (exact) mass is 438 g/mol. The van der Waals surface area contributed by atoms with E-state index in [1.54, 1.807) is 12.5 Å². The highest BCUT2D eigenvalue weighted by atomic mass is 16.3. The van der Waals surface area contributed by atoms with E-state index in [0.717, 1.165) is 44.1 Å². The lowest BCUT2D eigenvalue weighted by Crippen LogP contribution is -2.32. The molecule has 0 atom stereocenters. The van der Waals surface area contributed by atoms with Gasteiger partial charge in [0.1, 0.15) is 24.6 Å². The van der Waals surface area contributed by atoms with Crippen LogP contribution >= 0.6 is 0 Å². The number of rotatable bonds is 8. The topological polar surface area (TPSA) is 43.9 Å². The minimum absolute atomic E-state index is 0.732. The van der Waals surface area contributed by atoms with Gasteiger partial charge in [-0.25, -0.2) is 18.3 Å². The number of hydrogen-bond donors (Lipinski definition) is 0. The van der Waals surface area contributed by atoms with Gasteiger partial charge in [-0.05, 0) is 48.5 Å². The fourth-order valence-corrected chi connectivity index (χ4v) is 4.65. The number of aromatic nitrogens is 4. The number of furan rings is 2. The Hall–Kier alpha value is -4.06. The van der Waals surface area contributed by atoms with Gasteiger partial charge in [0, 0.05) is 6.42 Å². The van der Waals surface area contributed by atoms with Crippen molar-refractivity contribution in [2.75, 3.05) is 0 Å². The molecule has 0 fully saturated rings. The maximum Gasteiger partial charge on any atom is 0.245 e. The first-order valence-corrected chi connectivity index (χ1v) is 11.3. The SMILES string of the molecule is c1coc(C[n+]2cn(CCCn3c[n+](Cc4ccco4)c4ccccc43)c3ccccc32)c1. The molecule has 0 bridgehead atoms. The average Bonchev–Trinajstić information content (AvgIpc) is 3.65. The van der Waals surface area contributed by atoms with Crippen LogP contribution in [0.5, 0.6) is 0 Å². The quantitative estimate of drug-likeness (QED) is 0.328. The molecular formula is C27H26N4O2+2. The first kappa shape index (κ1) is 19.6. The Morgan fingerprint density at radius 3 is 1.52 bits per heavy atom. The fraction of sp³-hybridized carbons (Fsp3) is 0.185. The Bertz CT molecular complexity index is 1380. The van der Waals surface area contributed by atoms with Crippen molar-refractivity contribution in [3.8, 4) is 0 Å². The van der Waals surface area contributed by atoms with Crippen LogP contribution in [0.2, 0.25) is 0 Å². The molecule has 0 N–H and O–H groups in total. The van der Waals surface area contributed by atoms with Crippen molar-refractivity contribution in [3.63, 3.8) is 0 Å². The van der Waals surface area contributed by atoms with E-state index >= 15 is 0 Å². The van der Waals surface area contributed by atoms with Crippen LogP contribution in [0.25, 0.3) is 22.1 Å². The molecule has 0 amide bonds. The van der Waals surface area contributed by atoms with Gasteiger partial charge in [-0.15, -0.1) is 0 Å². The number of para-hydroxylation sites is 4. The molecule has 4 aromatic heterocycles. The van der Waals surface area contributed by atoms with E-state index in [1.807, 2.05) is 24.3 Å². The lowest BCUT2D eigenvalue weighted by Gasteiger charge is -1.98. The van der Waals surface area contributed by atoms with Crippen molar-refractivity contribution in [2.24, 2.45) is 0 Å². The summed E-state index contributed by atoms with van der Waals surface area (Å²) in [5.41, 5.74) is 4.93. The Kier molecular flexibility index (Phi) is 5.03. The lowest BCUT2D eigenvalue weighted by molar-refractivity contribution is -0.665. The molecule has 0 saturated heterocycles. The third-order valence-corrected chi connectivity index (χ3v) is 6.17. The zero-order valence-electron chi connectivity index (χ0n) is 18.4. The molecule has 0 aliphatic carbocycles. The van der Waals surface area contributed by atoms with Crippen molar-refractivity contribution in [1.29, 1.82) is 0 Å². The van der Waals surface area contributed by atoms with Crippen LogP contribution in [0.1, 0.15) is 17.9 Å². The van der Waals surface area contributed by atoms with E-state index in [-0.39, 0.29) is 0 Å². The van der Waals surface area contributed by atoms with Gasteiger partial charge >= 0.3 is 0 Å². The van der Waals surface area contributed by atoms with E-state index in [4.69, 9.17) is 8.83 Å². The molecule has 164 valence electrons. The Balaban J connectivity index is 1.23. The molecule has 6 nitrogen and oxygen atoms in total. The molecule has 6 heteroatoms. The highest BCUT2D eigenvalue weighted by molar-refractivity contribution is 5.72. The second kappa shape index (κ2) is 8.47. The van der Waals surface area contributed by atoms with Gasteiger partial charge in [0.05, 0.1) is 25.6 Å². The Labute approximate surface area is 191 Å². The highest BCUT2D eigenvalue weighted by Crippen LogP contribution is 2.15. The van der Waals surface area contributed by atoms with E-state index in [0.29, 0.717) is 0 Å². The summed E-state index contributed by atoms with van der Waals surface area (Å²) in [6.45, 7) is 3.35. The minimum Gasteiger partial charge on any atom is -0.465 e. The lowest BCUT2D eigenvalue weighted by atomic mass is 10.3. The zero-order valence-corrected chi connectivity index (χ0v) is 18.4. The highest BCUT2D eigenvalue weighted by Gasteiger charge is 2.19. The van der Waals surface area contributed by atoms with Crippen molar-refractivity contribution in [3.05, 3.63) is 109 Å². The summed E-state index contributed by atoms with van der Waals surface area (Å²) in [5, 5.41) is 0. The largest absolute Gasteiger partial charge is 0.465 e. The van der Waals surface area contributed by atoms with Crippen LogP contribution < -0.4 is 9.13 Å². The summed E-state index contributed by atoms with van der Waals surface area (Å²) < 4.78 is 20.4. The van der Waals surface area contributed by atoms with Crippen LogP contribution in [0.4, 0.5) is 0 Å². The van der Waals surface area contributed by atoms with Crippen LogP contribution in [-0.2, 0) is 26.2 Å². The van der Waals surface area contributed by atoms with E-state index in [2.05, 4.69) is 79.5 Å². The maximum absolute atomic E-state index is 5.57. The minimum atomic E-state index is 0.732. The number of hydrogen-bond acceptors (Lipinski definition) is 2. The van der Waals surface area contributed by atoms with Gasteiger partial charge in [0.25, 0.3) is 0 Å². The third-order valence-electron chi connectivity index (χ3n) is 6.17. The van der Waals surface area contributed by atoms with Crippen LogP contribution in [0.15, 0.2) is 107 Å². The standard InChI is InChI=1S/C27H26N4O2/c1-3-12-26-24(10-1)28(20-30(26)18-22-8-5-16-32-22)14-7-15-29-21-31(19-23-9-6-17-33-23)27-13-4-2-11-25(27)29/h1-6,8-13,16-17,20-21H,7,14-15,18-19H2/q+2. The molecule has 0 aliphatic heterocycles. The summed E-state index contributed by atoms with van der Waals surface area (Å²) in [6, 6.07) is 25.0. The van der Waals surface area contributed by atoms with Gasteiger partial charge in [0.2, 0.25) is 12.7 Å². The predicted octanol–water partition coefficient (Wildman–Crippen LogP) is 4.54. The van der Waals surface area contributed by atoms with Gasteiger partial charge in [-0.1, -0.05) is 24.3 Å². The first-order chi connectivity index (χ1) is 16.3. The second-order valence-corrected chi connectivity index (χ2v) is 8.36. The average molecular weight is 439 g/mol. The van der Waals surface area contributed by atoms with Crippen molar-refractivity contribution >= 4 is 22.1 Å². The number of benzene rings is 2. The van der Waals surface area contributed by atoms with Gasteiger partial charge in [0.15, 0.2) is 22.1 Å². The summed E-state index contributed by atoms with van der Waals surface area (Å²) in [7, 11) is 0. The molecular weight excluding hydrogens is 412 g/mol. The molecule has 6 aromatic rings. The molecule has 33 heavy (non-hydrogen) atoms. The number of imidazole rings is 2. The van der Waals surface area contributed by atoms with Crippen LogP contribution in [-0.4, -0.2) is 9.13 Å². The summed E-state index contributed by atoms with van der Waals surface area (Å²) >= 11 is 0.